The van der Waals surface area contributed by atoms with Gasteiger partial charge in [0.1, 0.15) is 6.04 Å². The van der Waals surface area contributed by atoms with E-state index in [1.165, 1.54) is 6.07 Å². The molecule has 7 nitrogen and oxygen atoms in total. The first kappa shape index (κ1) is 35.0. The van der Waals surface area contributed by atoms with E-state index in [1.54, 1.807) is 4.90 Å². The van der Waals surface area contributed by atoms with Gasteiger partial charge in [-0.2, -0.15) is 13.2 Å². The molecule has 1 aliphatic carbocycles. The van der Waals surface area contributed by atoms with Gasteiger partial charge < -0.3 is 10.2 Å². The number of rotatable bonds is 13. The van der Waals surface area contributed by atoms with Gasteiger partial charge in [0, 0.05) is 32.0 Å². The first-order valence-electron chi connectivity index (χ1n) is 15.7. The molecule has 1 atom stereocenters. The molecule has 1 fully saturated rings. The van der Waals surface area contributed by atoms with Crippen molar-refractivity contribution in [1.29, 1.82) is 0 Å². The van der Waals surface area contributed by atoms with Crippen LogP contribution in [0.4, 0.5) is 18.9 Å². The molecule has 248 valence electrons. The maximum Gasteiger partial charge on any atom is 0.416 e. The van der Waals surface area contributed by atoms with E-state index < -0.39 is 27.8 Å². The lowest BCUT2D eigenvalue weighted by molar-refractivity contribution is -0.141. The van der Waals surface area contributed by atoms with Gasteiger partial charge in [-0.25, -0.2) is 8.42 Å². The Morgan fingerprint density at radius 1 is 0.913 bits per heavy atom. The topological polar surface area (TPSA) is 86.8 Å². The zero-order valence-corrected chi connectivity index (χ0v) is 27.1. The molecule has 1 N–H and O–H groups in total. The lowest BCUT2D eigenvalue weighted by Crippen LogP contribution is -2.53. The van der Waals surface area contributed by atoms with E-state index in [9.17, 15) is 31.2 Å². The van der Waals surface area contributed by atoms with E-state index in [0.717, 1.165) is 77.6 Å². The van der Waals surface area contributed by atoms with Crippen LogP contribution in [0.15, 0.2) is 78.9 Å². The maximum atomic E-state index is 14.0. The van der Waals surface area contributed by atoms with Crippen LogP contribution in [0.2, 0.25) is 0 Å². The largest absolute Gasteiger partial charge is 0.416 e. The summed E-state index contributed by atoms with van der Waals surface area (Å²) in [6.07, 6.45) is 1.44. The molecule has 0 aromatic heterocycles. The van der Waals surface area contributed by atoms with Crippen LogP contribution >= 0.6 is 0 Å². The van der Waals surface area contributed by atoms with Crippen molar-refractivity contribution < 1.29 is 31.2 Å². The average molecular weight is 658 g/mol. The third-order valence-electron chi connectivity index (χ3n) is 8.27. The lowest BCUT2D eigenvalue weighted by Gasteiger charge is -2.34. The molecule has 1 saturated carbocycles. The number of sulfonamides is 1. The number of benzene rings is 3. The van der Waals surface area contributed by atoms with Crippen LogP contribution in [0.25, 0.3) is 0 Å². The molecule has 2 amide bonds. The minimum Gasteiger partial charge on any atom is -0.352 e. The van der Waals surface area contributed by atoms with Crippen LogP contribution in [0, 0.1) is 6.92 Å². The van der Waals surface area contributed by atoms with E-state index in [2.05, 4.69) is 5.32 Å². The van der Waals surface area contributed by atoms with Crippen LogP contribution in [0.5, 0.6) is 0 Å². The van der Waals surface area contributed by atoms with E-state index in [4.69, 9.17) is 0 Å². The number of hydrogen-bond acceptors (Lipinski definition) is 4. The van der Waals surface area contributed by atoms with E-state index >= 15 is 0 Å². The number of anilines is 1. The minimum absolute atomic E-state index is 0.0335. The number of nitrogens with one attached hydrogen (secondary N) is 1. The quantitative estimate of drug-likeness (QED) is 0.223. The van der Waals surface area contributed by atoms with Crippen LogP contribution in [0.3, 0.4) is 0 Å². The second kappa shape index (κ2) is 15.6. The average Bonchev–Trinajstić information content (AvgIpc) is 3.01. The highest BCUT2D eigenvalue weighted by molar-refractivity contribution is 7.92. The predicted octanol–water partition coefficient (Wildman–Crippen LogP) is 6.65. The lowest BCUT2D eigenvalue weighted by atomic mass is 9.94. The number of amides is 2. The number of carbonyl (C=O) groups excluding carboxylic acids is 2. The van der Waals surface area contributed by atoms with Gasteiger partial charge >= 0.3 is 6.18 Å². The first-order valence-corrected chi connectivity index (χ1v) is 17.5. The second-order valence-corrected chi connectivity index (χ2v) is 14.0. The Morgan fingerprint density at radius 2 is 1.59 bits per heavy atom. The molecule has 46 heavy (non-hydrogen) atoms. The number of alkyl halides is 3. The second-order valence-electron chi connectivity index (χ2n) is 12.0. The van der Waals surface area contributed by atoms with E-state index in [0.29, 0.717) is 0 Å². The molecular formula is C35H42F3N3O4S. The molecule has 1 unspecified atom stereocenters. The standard InChI is InChI=1S/C35H42F3N3O4S/c1-26-12-9-15-28(22-26)25-40(32(23-27-13-5-3-6-14-27)34(43)39-30-17-7-4-8-18-30)33(42)20-11-21-41(46(2,44)45)31-19-10-16-29(24-31)35(36,37)38/h3,5-6,9-10,12-16,19,22,24,30,32H,4,7-8,11,17-18,20-21,23,25H2,1-2H3,(H,39,43). The molecule has 4 rings (SSSR count). The normalized spacial score (nSPS) is 14.8. The monoisotopic (exact) mass is 657 g/mol. The summed E-state index contributed by atoms with van der Waals surface area (Å²) >= 11 is 0. The zero-order valence-electron chi connectivity index (χ0n) is 26.3. The van der Waals surface area contributed by atoms with Gasteiger partial charge in [0.2, 0.25) is 21.8 Å². The smallest absolute Gasteiger partial charge is 0.352 e. The Bertz CT molecular complexity index is 1580. The van der Waals surface area contributed by atoms with Crippen molar-refractivity contribution in [3.63, 3.8) is 0 Å². The number of aryl methyl sites for hydroxylation is 1. The molecule has 0 radical (unpaired) electrons. The predicted molar refractivity (Wildman–Crippen MR) is 174 cm³/mol. The van der Waals surface area contributed by atoms with Gasteiger partial charge in [-0.3, -0.25) is 13.9 Å². The van der Waals surface area contributed by atoms with Gasteiger partial charge in [0.05, 0.1) is 17.5 Å². The molecule has 1 aliphatic rings. The van der Waals surface area contributed by atoms with E-state index in [1.807, 2.05) is 61.5 Å². The summed E-state index contributed by atoms with van der Waals surface area (Å²) < 4.78 is 66.3. The van der Waals surface area contributed by atoms with Gasteiger partial charge in [-0.1, -0.05) is 85.5 Å². The molecule has 11 heteroatoms. The summed E-state index contributed by atoms with van der Waals surface area (Å²) in [6.45, 7) is 1.90. The Morgan fingerprint density at radius 3 is 2.24 bits per heavy atom. The van der Waals surface area contributed by atoms with Crippen LogP contribution in [0.1, 0.15) is 67.2 Å². The van der Waals surface area contributed by atoms with Crippen LogP contribution in [-0.4, -0.2) is 50.0 Å². The van der Waals surface area contributed by atoms with Crippen molar-refractivity contribution in [3.8, 4) is 0 Å². The fourth-order valence-electron chi connectivity index (χ4n) is 5.95. The number of halogens is 3. The fourth-order valence-corrected chi connectivity index (χ4v) is 6.90. The van der Waals surface area contributed by atoms with Crippen molar-refractivity contribution in [2.75, 3.05) is 17.1 Å². The SMILES string of the molecule is Cc1cccc(CN(C(=O)CCCN(c2cccc(C(F)(F)F)c2)S(C)(=O)=O)C(Cc2ccccc2)C(=O)NC2CCCCC2)c1. The molecule has 0 saturated heterocycles. The van der Waals surface area contributed by atoms with Crippen molar-refractivity contribution in [2.45, 2.75) is 83.1 Å². The summed E-state index contributed by atoms with van der Waals surface area (Å²) in [7, 11) is -3.96. The first-order chi connectivity index (χ1) is 21.8. The number of nitrogens with zero attached hydrogens (tertiary/aromatic N) is 2. The van der Waals surface area contributed by atoms with Crippen LogP contribution < -0.4 is 9.62 Å². The highest BCUT2D eigenvalue weighted by Crippen LogP contribution is 2.32. The van der Waals surface area contributed by atoms with Crippen molar-refractivity contribution in [2.24, 2.45) is 0 Å². The highest BCUT2D eigenvalue weighted by atomic mass is 32.2. The third kappa shape index (κ3) is 10.1. The summed E-state index contributed by atoms with van der Waals surface area (Å²) in [5.41, 5.74) is 1.64. The summed E-state index contributed by atoms with van der Waals surface area (Å²) in [4.78, 5) is 29.6. The van der Waals surface area contributed by atoms with Gasteiger partial charge in [0.15, 0.2) is 0 Å². The van der Waals surface area contributed by atoms with E-state index in [-0.39, 0.29) is 55.9 Å². The zero-order chi connectivity index (χ0) is 33.3. The highest BCUT2D eigenvalue weighted by Gasteiger charge is 2.33. The molecule has 0 aliphatic heterocycles. The Kier molecular flexibility index (Phi) is 11.9. The minimum atomic E-state index is -4.64. The summed E-state index contributed by atoms with van der Waals surface area (Å²) in [5, 5.41) is 3.19. The molecule has 0 bridgehead atoms. The van der Waals surface area contributed by atoms with Gasteiger partial charge in [-0.15, -0.1) is 0 Å². The number of hydrogen-bond donors (Lipinski definition) is 1. The molecule has 3 aromatic rings. The van der Waals surface area contributed by atoms with Crippen molar-refractivity contribution in [3.05, 3.63) is 101 Å². The third-order valence-corrected chi connectivity index (χ3v) is 9.47. The molecule has 0 heterocycles. The van der Waals surface area contributed by atoms with Gasteiger partial charge in [0.25, 0.3) is 0 Å². The summed E-state index contributed by atoms with van der Waals surface area (Å²) in [5.74, 6) is -0.586. The molecule has 3 aromatic carbocycles. The van der Waals surface area contributed by atoms with Crippen molar-refractivity contribution in [1.82, 2.24) is 10.2 Å². The van der Waals surface area contributed by atoms with Crippen LogP contribution in [-0.2, 0) is 38.8 Å². The summed E-state index contributed by atoms with van der Waals surface area (Å²) in [6, 6.07) is 20.5. The Labute approximate surface area is 269 Å². The van der Waals surface area contributed by atoms with Crippen molar-refractivity contribution >= 4 is 27.5 Å². The Hall–Kier alpha value is -3.86. The maximum absolute atomic E-state index is 14.0. The van der Waals surface area contributed by atoms with Gasteiger partial charge in [-0.05, 0) is 55.5 Å². The fraction of sp³-hybridized carbons (Fsp3) is 0.429. The Balaban J connectivity index is 1.60. The molecule has 0 spiro atoms. The number of carbonyl (C=O) groups is 2. The molecular weight excluding hydrogens is 615 g/mol.